The molecule has 3 aromatic heterocycles. The fourth-order valence-corrected chi connectivity index (χ4v) is 3.85. The number of hydrogen-bond acceptors (Lipinski definition) is 6. The summed E-state index contributed by atoms with van der Waals surface area (Å²) in [5, 5.41) is 8.99. The van der Waals surface area contributed by atoms with Crippen molar-refractivity contribution in [3.05, 3.63) is 59.6 Å². The summed E-state index contributed by atoms with van der Waals surface area (Å²) in [6.45, 7) is 10.0. The van der Waals surface area contributed by atoms with E-state index in [-0.39, 0.29) is 11.4 Å². The van der Waals surface area contributed by atoms with Gasteiger partial charge in [-0.1, -0.05) is 18.7 Å². The van der Waals surface area contributed by atoms with E-state index in [1.807, 2.05) is 26.8 Å². The van der Waals surface area contributed by atoms with Crippen LogP contribution >= 0.6 is 11.3 Å². The second-order valence-electron chi connectivity index (χ2n) is 8.24. The van der Waals surface area contributed by atoms with Gasteiger partial charge in [-0.3, -0.25) is 0 Å². The van der Waals surface area contributed by atoms with Gasteiger partial charge in [-0.2, -0.15) is 18.3 Å². The molecule has 4 aromatic rings. The summed E-state index contributed by atoms with van der Waals surface area (Å²) < 4.78 is 40.7. The van der Waals surface area contributed by atoms with Crippen molar-refractivity contribution in [2.75, 3.05) is 11.1 Å². The van der Waals surface area contributed by atoms with Crippen molar-refractivity contribution in [2.45, 2.75) is 32.5 Å². The third-order valence-corrected chi connectivity index (χ3v) is 5.70. The van der Waals surface area contributed by atoms with E-state index < -0.39 is 11.7 Å². The van der Waals surface area contributed by atoms with Crippen molar-refractivity contribution in [1.82, 2.24) is 19.7 Å². The van der Waals surface area contributed by atoms with Crippen LogP contribution < -0.4 is 11.1 Å². The Morgan fingerprint density at radius 2 is 1.75 bits per heavy atom. The Kier molecular flexibility index (Phi) is 5.20. The summed E-state index contributed by atoms with van der Waals surface area (Å²) in [4.78, 5) is 10.1. The number of fused-ring (bicyclic) bond motifs is 1. The summed E-state index contributed by atoms with van der Waals surface area (Å²) in [7, 11) is 0. The van der Waals surface area contributed by atoms with E-state index in [0.717, 1.165) is 17.0 Å². The lowest BCUT2D eigenvalue weighted by atomic mass is 10.1. The zero-order chi connectivity index (χ0) is 23.3. The highest BCUT2D eigenvalue weighted by atomic mass is 32.1. The predicted octanol–water partition coefficient (Wildman–Crippen LogP) is 5.99. The van der Waals surface area contributed by atoms with Gasteiger partial charge in [0.25, 0.3) is 0 Å². The van der Waals surface area contributed by atoms with Gasteiger partial charge in [-0.25, -0.2) is 14.6 Å². The highest BCUT2D eigenvalue weighted by Gasteiger charge is 2.30. The van der Waals surface area contributed by atoms with E-state index in [4.69, 9.17) is 5.73 Å². The van der Waals surface area contributed by atoms with Gasteiger partial charge >= 0.3 is 6.18 Å². The number of rotatable bonds is 4. The van der Waals surface area contributed by atoms with Crippen LogP contribution in [0.15, 0.2) is 49.2 Å². The van der Waals surface area contributed by atoms with Crippen LogP contribution in [0.2, 0.25) is 0 Å². The van der Waals surface area contributed by atoms with E-state index in [2.05, 4.69) is 27.0 Å². The van der Waals surface area contributed by atoms with Gasteiger partial charge in [-0.15, -0.1) is 11.3 Å². The standard InChI is InChI=1S/C22H21F3N6S/c1-12(16-9-10-17(26)32-16)28-19-15-11-27-31(21(2,3)4)20(15)30-18(29-19)13-5-7-14(8-6-13)22(23,24)25/h5-11H,1,26H2,2-4H3,(H,28,29,30). The van der Waals surface area contributed by atoms with Crippen LogP contribution in [0.4, 0.5) is 24.0 Å². The van der Waals surface area contributed by atoms with Crippen LogP contribution in [-0.4, -0.2) is 19.7 Å². The monoisotopic (exact) mass is 458 g/mol. The van der Waals surface area contributed by atoms with Crippen LogP contribution in [0, 0.1) is 0 Å². The number of nitrogen functional groups attached to an aromatic ring is 1. The minimum absolute atomic E-state index is 0.276. The number of benzene rings is 1. The number of anilines is 2. The minimum atomic E-state index is -4.42. The topological polar surface area (TPSA) is 81.7 Å². The van der Waals surface area contributed by atoms with Crippen molar-refractivity contribution < 1.29 is 13.2 Å². The lowest BCUT2D eigenvalue weighted by Crippen LogP contribution is -2.23. The van der Waals surface area contributed by atoms with E-state index in [1.54, 1.807) is 16.9 Å². The summed E-state index contributed by atoms with van der Waals surface area (Å²) >= 11 is 1.38. The van der Waals surface area contributed by atoms with E-state index in [0.29, 0.717) is 33.1 Å². The number of halogens is 3. The predicted molar refractivity (Wildman–Crippen MR) is 122 cm³/mol. The largest absolute Gasteiger partial charge is 0.416 e. The second kappa shape index (κ2) is 7.63. The zero-order valence-electron chi connectivity index (χ0n) is 17.7. The molecule has 0 saturated carbocycles. The quantitative estimate of drug-likeness (QED) is 0.392. The lowest BCUT2D eigenvalue weighted by Gasteiger charge is -2.20. The van der Waals surface area contributed by atoms with Crippen molar-refractivity contribution in [3.8, 4) is 11.4 Å². The zero-order valence-corrected chi connectivity index (χ0v) is 18.5. The SMILES string of the molecule is C=C(Nc1nc(-c2ccc(C(F)(F)F)cc2)nc2c1cnn2C(C)(C)C)c1ccc(N)s1. The number of hydrogen-bond donors (Lipinski definition) is 2. The van der Waals surface area contributed by atoms with Gasteiger partial charge in [0.2, 0.25) is 0 Å². The maximum Gasteiger partial charge on any atom is 0.416 e. The minimum Gasteiger partial charge on any atom is -0.391 e. The number of nitrogens with one attached hydrogen (secondary N) is 1. The second-order valence-corrected chi connectivity index (χ2v) is 9.36. The maximum absolute atomic E-state index is 13.0. The van der Waals surface area contributed by atoms with Crippen LogP contribution in [0.3, 0.4) is 0 Å². The first kappa shape index (κ1) is 21.8. The summed E-state index contributed by atoms with van der Waals surface area (Å²) in [6, 6.07) is 8.40. The molecule has 6 nitrogen and oxygen atoms in total. The number of alkyl halides is 3. The van der Waals surface area contributed by atoms with Crippen LogP contribution in [0.25, 0.3) is 28.1 Å². The molecule has 3 heterocycles. The highest BCUT2D eigenvalue weighted by molar-refractivity contribution is 7.16. The third kappa shape index (κ3) is 4.18. The molecular formula is C22H21F3N6S. The Bertz CT molecular complexity index is 1300. The van der Waals surface area contributed by atoms with E-state index in [1.165, 1.54) is 23.5 Å². The fourth-order valence-electron chi connectivity index (χ4n) is 3.15. The normalized spacial score (nSPS) is 12.3. The molecule has 3 N–H and O–H groups in total. The van der Waals surface area contributed by atoms with Crippen molar-refractivity contribution in [1.29, 1.82) is 0 Å². The molecule has 0 aliphatic rings. The Morgan fingerprint density at radius 1 is 1.06 bits per heavy atom. The first-order valence-corrected chi connectivity index (χ1v) is 10.5. The molecule has 4 rings (SSSR count). The van der Waals surface area contributed by atoms with Gasteiger partial charge in [0, 0.05) is 11.3 Å². The van der Waals surface area contributed by atoms with Crippen LogP contribution in [0.5, 0.6) is 0 Å². The lowest BCUT2D eigenvalue weighted by molar-refractivity contribution is -0.137. The summed E-state index contributed by atoms with van der Waals surface area (Å²) in [6.07, 6.45) is -2.75. The van der Waals surface area contributed by atoms with E-state index >= 15 is 0 Å². The van der Waals surface area contributed by atoms with Crippen molar-refractivity contribution >= 4 is 38.9 Å². The molecule has 0 aliphatic carbocycles. The van der Waals surface area contributed by atoms with Crippen molar-refractivity contribution in [3.63, 3.8) is 0 Å². The molecule has 10 heteroatoms. The van der Waals surface area contributed by atoms with Gasteiger partial charge < -0.3 is 11.1 Å². The molecule has 0 unspecified atom stereocenters. The average molecular weight is 459 g/mol. The molecule has 0 saturated heterocycles. The summed E-state index contributed by atoms with van der Waals surface area (Å²) in [5.41, 5.74) is 6.33. The van der Waals surface area contributed by atoms with Crippen LogP contribution in [-0.2, 0) is 11.7 Å². The van der Waals surface area contributed by atoms with Gasteiger partial charge in [-0.05, 0) is 45.0 Å². The van der Waals surface area contributed by atoms with Crippen LogP contribution in [0.1, 0.15) is 31.2 Å². The summed E-state index contributed by atoms with van der Waals surface area (Å²) in [5.74, 6) is 0.732. The third-order valence-electron chi connectivity index (χ3n) is 4.73. The molecule has 0 radical (unpaired) electrons. The maximum atomic E-state index is 13.0. The molecule has 166 valence electrons. The molecule has 0 aliphatic heterocycles. The highest BCUT2D eigenvalue weighted by Crippen LogP contribution is 2.33. The molecule has 1 aromatic carbocycles. The van der Waals surface area contributed by atoms with Gasteiger partial charge in [0.1, 0.15) is 5.82 Å². The molecule has 0 spiro atoms. The smallest absolute Gasteiger partial charge is 0.391 e. The van der Waals surface area contributed by atoms with Gasteiger partial charge in [0.15, 0.2) is 11.5 Å². The number of thiophene rings is 1. The number of nitrogens with zero attached hydrogens (tertiary/aromatic N) is 4. The fraction of sp³-hybridized carbons (Fsp3) is 0.227. The molecule has 0 amide bonds. The Labute approximate surface area is 186 Å². The number of nitrogens with two attached hydrogens (primary N) is 1. The first-order valence-electron chi connectivity index (χ1n) is 9.69. The number of aromatic nitrogens is 4. The van der Waals surface area contributed by atoms with E-state index in [9.17, 15) is 13.2 Å². The van der Waals surface area contributed by atoms with Crippen molar-refractivity contribution in [2.24, 2.45) is 0 Å². The molecule has 0 fully saturated rings. The molecule has 0 bridgehead atoms. The molecule has 32 heavy (non-hydrogen) atoms. The average Bonchev–Trinajstić information content (AvgIpc) is 3.33. The van der Waals surface area contributed by atoms with Gasteiger partial charge in [0.05, 0.1) is 32.6 Å². The Balaban J connectivity index is 1.83. The first-order chi connectivity index (χ1) is 14.9. The Morgan fingerprint density at radius 3 is 2.31 bits per heavy atom. The Hall–Kier alpha value is -3.40. The molecular weight excluding hydrogens is 437 g/mol. The molecule has 0 atom stereocenters.